The normalized spacial score (nSPS) is 17.0. The van der Waals surface area contributed by atoms with Crippen LogP contribution in [0, 0.1) is 0 Å². The van der Waals surface area contributed by atoms with Gasteiger partial charge in [0.05, 0.1) is 5.56 Å². The number of rotatable bonds is 4. The van der Waals surface area contributed by atoms with E-state index < -0.39 is 23.8 Å². The average Bonchev–Trinajstić information content (AvgIpc) is 2.96. The van der Waals surface area contributed by atoms with Crippen LogP contribution in [0.4, 0.5) is 19.0 Å². The predicted molar refractivity (Wildman–Crippen MR) is 111 cm³/mol. The van der Waals surface area contributed by atoms with E-state index in [0.29, 0.717) is 49.0 Å². The molecule has 1 aromatic carbocycles. The fourth-order valence-corrected chi connectivity index (χ4v) is 4.16. The minimum Gasteiger partial charge on any atom is -0.480 e. The molecule has 164 valence electrons. The number of anilines is 1. The van der Waals surface area contributed by atoms with Crippen LogP contribution in [-0.4, -0.2) is 52.1 Å². The molecule has 3 aromatic rings. The number of carbonyl (C=O) groups is 1. The van der Waals surface area contributed by atoms with Gasteiger partial charge in [-0.3, -0.25) is 9.69 Å². The van der Waals surface area contributed by atoms with E-state index in [9.17, 15) is 23.1 Å². The van der Waals surface area contributed by atoms with Gasteiger partial charge in [0.15, 0.2) is 0 Å². The lowest BCUT2D eigenvalue weighted by Crippen LogP contribution is -2.37. The van der Waals surface area contributed by atoms with E-state index in [0.717, 1.165) is 23.2 Å². The standard InChI is InChI=1S/C21H20ClF3N4O2/c22-14-3-4-17-15(10-14)16(12-26-17)19(20(30)31)29-7-1-6-28(8-9-29)18-5-2-13(11-27-18)21(23,24)25/h2-5,10-12,19,26H,1,6-9H2,(H,30,31)/t19-/m1/s1. The summed E-state index contributed by atoms with van der Waals surface area (Å²) in [5.74, 6) is -0.525. The number of nitrogens with one attached hydrogen (secondary N) is 1. The number of nitrogens with zero attached hydrogens (tertiary/aromatic N) is 3. The first-order chi connectivity index (χ1) is 14.7. The van der Waals surface area contributed by atoms with Crippen molar-refractivity contribution in [3.8, 4) is 0 Å². The summed E-state index contributed by atoms with van der Waals surface area (Å²) in [5.41, 5.74) is 0.638. The molecule has 1 fully saturated rings. The molecule has 0 amide bonds. The lowest BCUT2D eigenvalue weighted by atomic mass is 10.0. The SMILES string of the molecule is O=C(O)[C@@H](c1c[nH]c2ccc(Cl)cc12)N1CCCN(c2ccc(C(F)(F)F)cn2)CC1. The number of carboxylic acids is 1. The number of H-pyrrole nitrogens is 1. The quantitative estimate of drug-likeness (QED) is 0.606. The maximum atomic E-state index is 12.8. The third kappa shape index (κ3) is 4.47. The molecule has 4 rings (SSSR count). The molecule has 0 unspecified atom stereocenters. The Bertz CT molecular complexity index is 1080. The van der Waals surface area contributed by atoms with Crippen LogP contribution in [0.3, 0.4) is 0 Å². The smallest absolute Gasteiger partial charge is 0.417 e. The molecule has 1 aliphatic heterocycles. The number of halogens is 4. The molecule has 0 spiro atoms. The van der Waals surface area contributed by atoms with Gasteiger partial charge in [-0.2, -0.15) is 13.2 Å². The number of aromatic amines is 1. The molecule has 2 aromatic heterocycles. The first-order valence-corrected chi connectivity index (χ1v) is 10.1. The van der Waals surface area contributed by atoms with Crippen molar-refractivity contribution in [2.24, 2.45) is 0 Å². The molecule has 3 heterocycles. The lowest BCUT2D eigenvalue weighted by Gasteiger charge is -2.27. The molecule has 0 bridgehead atoms. The number of hydrogen-bond acceptors (Lipinski definition) is 4. The van der Waals surface area contributed by atoms with Crippen molar-refractivity contribution in [1.29, 1.82) is 0 Å². The fourth-order valence-electron chi connectivity index (χ4n) is 3.99. The summed E-state index contributed by atoms with van der Waals surface area (Å²) in [6.45, 7) is 1.97. The highest BCUT2D eigenvalue weighted by molar-refractivity contribution is 6.31. The molecular formula is C21H20ClF3N4O2. The maximum Gasteiger partial charge on any atom is 0.417 e. The highest BCUT2D eigenvalue weighted by atomic mass is 35.5. The molecule has 6 nitrogen and oxygen atoms in total. The molecule has 0 radical (unpaired) electrons. The van der Waals surface area contributed by atoms with Gasteiger partial charge in [-0.1, -0.05) is 11.6 Å². The Balaban J connectivity index is 1.55. The zero-order valence-corrected chi connectivity index (χ0v) is 17.1. The second kappa shape index (κ2) is 8.39. The predicted octanol–water partition coefficient (Wildman–Crippen LogP) is 4.57. The Morgan fingerprint density at radius 1 is 1.16 bits per heavy atom. The third-order valence-electron chi connectivity index (χ3n) is 5.50. The molecule has 1 atom stereocenters. The number of aromatic nitrogens is 2. The Morgan fingerprint density at radius 2 is 1.97 bits per heavy atom. The summed E-state index contributed by atoms with van der Waals surface area (Å²) in [6, 6.07) is 6.79. The summed E-state index contributed by atoms with van der Waals surface area (Å²) in [6.07, 6.45) is -1.26. The van der Waals surface area contributed by atoms with Crippen LogP contribution >= 0.6 is 11.6 Å². The van der Waals surface area contributed by atoms with Crippen molar-refractivity contribution < 1.29 is 23.1 Å². The minimum atomic E-state index is -4.43. The van der Waals surface area contributed by atoms with Crippen LogP contribution in [0.2, 0.25) is 5.02 Å². The van der Waals surface area contributed by atoms with E-state index in [-0.39, 0.29) is 0 Å². The van der Waals surface area contributed by atoms with Gasteiger partial charge < -0.3 is 15.0 Å². The number of hydrogen-bond donors (Lipinski definition) is 2. The highest BCUT2D eigenvalue weighted by Crippen LogP contribution is 2.32. The number of pyridine rings is 1. The van der Waals surface area contributed by atoms with Crippen LogP contribution in [0.5, 0.6) is 0 Å². The second-order valence-corrected chi connectivity index (χ2v) is 7.89. The van der Waals surface area contributed by atoms with Crippen molar-refractivity contribution in [3.05, 3.63) is 58.9 Å². The summed E-state index contributed by atoms with van der Waals surface area (Å²) >= 11 is 6.11. The molecule has 2 N–H and O–H groups in total. The molecule has 31 heavy (non-hydrogen) atoms. The zero-order valence-electron chi connectivity index (χ0n) is 16.4. The van der Waals surface area contributed by atoms with Crippen LogP contribution < -0.4 is 4.90 Å². The molecular weight excluding hydrogens is 433 g/mol. The van der Waals surface area contributed by atoms with Crippen molar-refractivity contribution in [1.82, 2.24) is 14.9 Å². The van der Waals surface area contributed by atoms with Gasteiger partial charge in [0.25, 0.3) is 0 Å². The number of alkyl halides is 3. The van der Waals surface area contributed by atoms with Crippen molar-refractivity contribution in [3.63, 3.8) is 0 Å². The highest BCUT2D eigenvalue weighted by Gasteiger charge is 2.33. The topological polar surface area (TPSA) is 72.5 Å². The summed E-state index contributed by atoms with van der Waals surface area (Å²) in [7, 11) is 0. The molecule has 1 saturated heterocycles. The monoisotopic (exact) mass is 452 g/mol. The molecule has 0 saturated carbocycles. The van der Waals surface area contributed by atoms with E-state index in [4.69, 9.17) is 11.6 Å². The Kier molecular flexibility index (Phi) is 5.81. The Hall–Kier alpha value is -2.78. The summed E-state index contributed by atoms with van der Waals surface area (Å²) in [5, 5.41) is 11.3. The first kappa shape index (κ1) is 21.5. The number of aliphatic carboxylic acids is 1. The fraction of sp³-hybridized carbons (Fsp3) is 0.333. The zero-order chi connectivity index (χ0) is 22.2. The summed E-state index contributed by atoms with van der Waals surface area (Å²) in [4.78, 5) is 23.0. The van der Waals surface area contributed by atoms with E-state index in [1.165, 1.54) is 6.07 Å². The van der Waals surface area contributed by atoms with E-state index >= 15 is 0 Å². The number of carboxylic acid groups (broad SMARTS) is 1. The number of fused-ring (bicyclic) bond motifs is 1. The van der Waals surface area contributed by atoms with Gasteiger partial charge in [-0.05, 0) is 36.8 Å². The van der Waals surface area contributed by atoms with Gasteiger partial charge in [0, 0.05) is 60.1 Å². The van der Waals surface area contributed by atoms with Crippen LogP contribution in [0.25, 0.3) is 10.9 Å². The summed E-state index contributed by atoms with van der Waals surface area (Å²) < 4.78 is 38.4. The second-order valence-electron chi connectivity index (χ2n) is 7.45. The van der Waals surface area contributed by atoms with E-state index in [1.54, 1.807) is 24.4 Å². The van der Waals surface area contributed by atoms with Gasteiger partial charge in [0.2, 0.25) is 0 Å². The molecule has 0 aliphatic carbocycles. The lowest BCUT2D eigenvalue weighted by molar-refractivity contribution is -0.143. The van der Waals surface area contributed by atoms with E-state index in [1.807, 2.05) is 9.80 Å². The largest absolute Gasteiger partial charge is 0.480 e. The third-order valence-corrected chi connectivity index (χ3v) is 5.73. The molecule has 1 aliphatic rings. The Labute approximate surface area is 181 Å². The van der Waals surface area contributed by atoms with Gasteiger partial charge in [0.1, 0.15) is 11.9 Å². The number of benzene rings is 1. The van der Waals surface area contributed by atoms with Crippen molar-refractivity contribution in [2.75, 3.05) is 31.1 Å². The van der Waals surface area contributed by atoms with E-state index in [2.05, 4.69) is 9.97 Å². The van der Waals surface area contributed by atoms with Crippen LogP contribution in [0.15, 0.2) is 42.7 Å². The average molecular weight is 453 g/mol. The maximum absolute atomic E-state index is 12.8. The van der Waals surface area contributed by atoms with Gasteiger partial charge in [-0.15, -0.1) is 0 Å². The van der Waals surface area contributed by atoms with Crippen LogP contribution in [-0.2, 0) is 11.0 Å². The van der Waals surface area contributed by atoms with Gasteiger partial charge in [-0.25, -0.2) is 4.98 Å². The minimum absolute atomic E-state index is 0.424. The van der Waals surface area contributed by atoms with Crippen LogP contribution in [0.1, 0.15) is 23.6 Å². The van der Waals surface area contributed by atoms with Crippen molar-refractivity contribution >= 4 is 34.3 Å². The first-order valence-electron chi connectivity index (χ1n) is 9.75. The van der Waals surface area contributed by atoms with Gasteiger partial charge >= 0.3 is 12.1 Å². The Morgan fingerprint density at radius 3 is 2.65 bits per heavy atom. The van der Waals surface area contributed by atoms with Crippen molar-refractivity contribution in [2.45, 2.75) is 18.6 Å². The molecule has 10 heteroatoms.